The average molecular weight is 364 g/mol. The van der Waals surface area contributed by atoms with Gasteiger partial charge < -0.3 is 13.9 Å². The molecule has 0 saturated heterocycles. The maximum Gasteiger partial charge on any atom is 0.372 e. The van der Waals surface area contributed by atoms with Crippen molar-refractivity contribution in [1.29, 1.82) is 0 Å². The van der Waals surface area contributed by atoms with Crippen LogP contribution in [0.4, 0.5) is 4.39 Å². The summed E-state index contributed by atoms with van der Waals surface area (Å²) >= 11 is 0. The lowest BCUT2D eigenvalue weighted by atomic mass is 10.0. The van der Waals surface area contributed by atoms with E-state index in [9.17, 15) is 9.18 Å². The first kappa shape index (κ1) is 20.4. The van der Waals surface area contributed by atoms with Crippen molar-refractivity contribution in [2.45, 2.75) is 58.8 Å². The molecule has 4 nitrogen and oxygen atoms in total. The smallest absolute Gasteiger partial charge is 0.372 e. The van der Waals surface area contributed by atoms with E-state index in [0.717, 1.165) is 51.7 Å². The van der Waals surface area contributed by atoms with E-state index in [2.05, 4.69) is 0 Å². The molecule has 0 fully saturated rings. The number of aryl methyl sites for hydroxylation is 1. The number of ether oxygens (including phenoxy) is 2. The molecule has 144 valence electrons. The first-order chi connectivity index (χ1) is 12.7. The molecule has 0 bridgehead atoms. The lowest BCUT2D eigenvalue weighted by Crippen LogP contribution is -2.10. The predicted octanol–water partition coefficient (Wildman–Crippen LogP) is 5.25. The quantitative estimate of drug-likeness (QED) is 0.381. The molecule has 5 heteroatoms. The number of unbranched alkanes of at least 4 members (excludes halogenated alkanes) is 4. The maximum absolute atomic E-state index is 14.4. The average Bonchev–Trinajstić information content (AvgIpc) is 2.64. The highest BCUT2D eigenvalue weighted by Crippen LogP contribution is 2.30. The fourth-order valence-electron chi connectivity index (χ4n) is 2.97. The molecule has 1 heterocycles. The Labute approximate surface area is 154 Å². The minimum atomic E-state index is -0.907. The monoisotopic (exact) mass is 364 g/mol. The molecule has 0 amide bonds. The van der Waals surface area contributed by atoms with E-state index in [1.165, 1.54) is 0 Å². The molecule has 0 unspecified atom stereocenters. The van der Waals surface area contributed by atoms with E-state index in [1.807, 2.05) is 19.9 Å². The Morgan fingerprint density at radius 3 is 2.54 bits per heavy atom. The van der Waals surface area contributed by atoms with Crippen LogP contribution in [0.3, 0.4) is 0 Å². The SMILES string of the molecule is CCCCc1c(F)c(=O)oc2cccc(OCCCCCCOCC)c12. The summed E-state index contributed by atoms with van der Waals surface area (Å²) in [7, 11) is 0. The fourth-order valence-corrected chi connectivity index (χ4v) is 2.97. The molecule has 0 atom stereocenters. The molecule has 26 heavy (non-hydrogen) atoms. The second-order valence-electron chi connectivity index (χ2n) is 6.37. The van der Waals surface area contributed by atoms with Gasteiger partial charge in [-0.2, -0.15) is 4.39 Å². The predicted molar refractivity (Wildman–Crippen MR) is 102 cm³/mol. The summed E-state index contributed by atoms with van der Waals surface area (Å²) in [6.45, 7) is 6.16. The summed E-state index contributed by atoms with van der Waals surface area (Å²) in [6, 6.07) is 5.27. The standard InChI is InChI=1S/C21H29FO4/c1-3-5-11-16-19-17(25-15-9-7-6-8-14-24-4-2)12-10-13-18(19)26-21(23)20(16)22/h10,12-13H,3-9,11,14-15H2,1-2H3. The van der Waals surface area contributed by atoms with Gasteiger partial charge in [0.1, 0.15) is 11.3 Å². The molecule has 0 aliphatic rings. The number of hydrogen-bond donors (Lipinski definition) is 0. The highest BCUT2D eigenvalue weighted by atomic mass is 19.1. The molecule has 0 radical (unpaired) electrons. The third kappa shape index (κ3) is 5.56. The van der Waals surface area contributed by atoms with Crippen molar-refractivity contribution in [2.75, 3.05) is 19.8 Å². The normalized spacial score (nSPS) is 11.2. The number of hydrogen-bond acceptors (Lipinski definition) is 4. The van der Waals surface area contributed by atoms with Gasteiger partial charge in [-0.05, 0) is 51.2 Å². The van der Waals surface area contributed by atoms with Crippen molar-refractivity contribution in [1.82, 2.24) is 0 Å². The maximum atomic E-state index is 14.4. The van der Waals surface area contributed by atoms with Gasteiger partial charge in [0.2, 0.25) is 5.82 Å². The van der Waals surface area contributed by atoms with Crippen molar-refractivity contribution < 1.29 is 18.3 Å². The molecule has 0 aliphatic heterocycles. The molecule has 1 aromatic heterocycles. The molecule has 2 rings (SSSR count). The van der Waals surface area contributed by atoms with Crippen molar-refractivity contribution in [3.8, 4) is 5.75 Å². The Morgan fingerprint density at radius 2 is 1.81 bits per heavy atom. The Bertz CT molecular complexity index is 739. The van der Waals surface area contributed by atoms with E-state index in [1.54, 1.807) is 12.1 Å². The fraction of sp³-hybridized carbons (Fsp3) is 0.571. The van der Waals surface area contributed by atoms with Crippen LogP contribution in [0.15, 0.2) is 27.4 Å². The molecule has 0 spiro atoms. The lowest BCUT2D eigenvalue weighted by Gasteiger charge is -2.12. The summed E-state index contributed by atoms with van der Waals surface area (Å²) in [6.07, 6.45) is 6.37. The van der Waals surface area contributed by atoms with Gasteiger partial charge in [0.05, 0.1) is 12.0 Å². The van der Waals surface area contributed by atoms with Gasteiger partial charge in [-0.25, -0.2) is 4.79 Å². The van der Waals surface area contributed by atoms with Gasteiger partial charge in [-0.15, -0.1) is 0 Å². The zero-order valence-corrected chi connectivity index (χ0v) is 15.8. The first-order valence-corrected chi connectivity index (χ1v) is 9.63. The molecule has 0 N–H and O–H groups in total. The van der Waals surface area contributed by atoms with Gasteiger partial charge in [0, 0.05) is 18.8 Å². The summed E-state index contributed by atoms with van der Waals surface area (Å²) in [5, 5.41) is 0.592. The number of benzene rings is 1. The van der Waals surface area contributed by atoms with Crippen molar-refractivity contribution >= 4 is 11.0 Å². The topological polar surface area (TPSA) is 48.7 Å². The van der Waals surface area contributed by atoms with Gasteiger partial charge in [0.15, 0.2) is 0 Å². The summed E-state index contributed by atoms with van der Waals surface area (Å²) in [4.78, 5) is 11.7. The largest absolute Gasteiger partial charge is 0.493 e. The van der Waals surface area contributed by atoms with Crippen molar-refractivity contribution in [3.05, 3.63) is 40.0 Å². The lowest BCUT2D eigenvalue weighted by molar-refractivity contribution is 0.142. The van der Waals surface area contributed by atoms with Crippen LogP contribution in [-0.2, 0) is 11.2 Å². The van der Waals surface area contributed by atoms with Crippen molar-refractivity contribution in [2.24, 2.45) is 0 Å². The number of rotatable bonds is 12. The third-order valence-corrected chi connectivity index (χ3v) is 4.36. The zero-order valence-electron chi connectivity index (χ0n) is 15.8. The van der Waals surface area contributed by atoms with Crippen LogP contribution in [0.5, 0.6) is 5.75 Å². The Balaban J connectivity index is 2.05. The molecule has 0 saturated carbocycles. The van der Waals surface area contributed by atoms with E-state index in [-0.39, 0.29) is 0 Å². The summed E-state index contributed by atoms with van der Waals surface area (Å²) in [5.74, 6) is -0.205. The van der Waals surface area contributed by atoms with Crippen LogP contribution >= 0.6 is 0 Å². The van der Waals surface area contributed by atoms with Gasteiger partial charge in [-0.3, -0.25) is 0 Å². The second kappa shape index (κ2) is 11.0. The molecule has 1 aromatic carbocycles. The van der Waals surface area contributed by atoms with Gasteiger partial charge in [0.25, 0.3) is 0 Å². The first-order valence-electron chi connectivity index (χ1n) is 9.63. The van der Waals surface area contributed by atoms with E-state index in [4.69, 9.17) is 13.9 Å². The van der Waals surface area contributed by atoms with E-state index >= 15 is 0 Å². The van der Waals surface area contributed by atoms with Gasteiger partial charge >= 0.3 is 5.63 Å². The Hall–Kier alpha value is -1.88. The Kier molecular flexibility index (Phi) is 8.62. The van der Waals surface area contributed by atoms with Crippen molar-refractivity contribution in [3.63, 3.8) is 0 Å². The summed E-state index contributed by atoms with van der Waals surface area (Å²) in [5.41, 5.74) is -0.114. The number of fused-ring (bicyclic) bond motifs is 1. The molecular formula is C21H29FO4. The van der Waals surface area contributed by atoms with E-state index < -0.39 is 11.4 Å². The molecule has 2 aromatic rings. The van der Waals surface area contributed by atoms with Crippen LogP contribution < -0.4 is 10.4 Å². The van der Waals surface area contributed by atoms with Crippen LogP contribution in [-0.4, -0.2) is 19.8 Å². The number of halogens is 1. The van der Waals surface area contributed by atoms with Crippen LogP contribution in [0, 0.1) is 5.82 Å². The molecular weight excluding hydrogens is 335 g/mol. The molecule has 0 aliphatic carbocycles. The third-order valence-electron chi connectivity index (χ3n) is 4.36. The minimum absolute atomic E-state index is 0.386. The van der Waals surface area contributed by atoms with Crippen LogP contribution in [0.1, 0.15) is 57.9 Å². The second-order valence-corrected chi connectivity index (χ2v) is 6.37. The van der Waals surface area contributed by atoms with Crippen LogP contribution in [0.2, 0.25) is 0 Å². The van der Waals surface area contributed by atoms with Gasteiger partial charge in [-0.1, -0.05) is 25.8 Å². The van der Waals surface area contributed by atoms with Crippen LogP contribution in [0.25, 0.3) is 11.0 Å². The zero-order chi connectivity index (χ0) is 18.8. The van der Waals surface area contributed by atoms with E-state index in [0.29, 0.717) is 35.3 Å². The highest BCUT2D eigenvalue weighted by Gasteiger charge is 2.17. The minimum Gasteiger partial charge on any atom is -0.493 e. The highest BCUT2D eigenvalue weighted by molar-refractivity contribution is 5.87. The summed E-state index contributed by atoms with van der Waals surface area (Å²) < 4.78 is 30.7. The Morgan fingerprint density at radius 1 is 1.04 bits per heavy atom.